The van der Waals surface area contributed by atoms with Gasteiger partial charge in [0, 0.05) is 25.0 Å². The van der Waals surface area contributed by atoms with Gasteiger partial charge in [0.25, 0.3) is 0 Å². The SMILES string of the molecule is OC(COc1cccc2ccccc12)CN1CC[C@H](Oc2ccc(F)cc2)C1. The van der Waals surface area contributed by atoms with Gasteiger partial charge in [-0.3, -0.25) is 4.90 Å². The van der Waals surface area contributed by atoms with Crippen molar-refractivity contribution in [2.24, 2.45) is 0 Å². The second kappa shape index (κ2) is 8.59. The van der Waals surface area contributed by atoms with Crippen LogP contribution in [0.4, 0.5) is 4.39 Å². The summed E-state index contributed by atoms with van der Waals surface area (Å²) in [4.78, 5) is 2.17. The minimum atomic E-state index is -0.580. The fourth-order valence-electron chi connectivity index (χ4n) is 3.62. The van der Waals surface area contributed by atoms with Gasteiger partial charge >= 0.3 is 0 Å². The Hall–Kier alpha value is -2.63. The van der Waals surface area contributed by atoms with Crippen molar-refractivity contribution in [1.82, 2.24) is 4.90 Å². The second-order valence-electron chi connectivity index (χ2n) is 7.18. The highest BCUT2D eigenvalue weighted by molar-refractivity contribution is 5.88. The van der Waals surface area contributed by atoms with Crippen LogP contribution in [0.1, 0.15) is 6.42 Å². The molecule has 1 heterocycles. The van der Waals surface area contributed by atoms with Gasteiger partial charge in [0.2, 0.25) is 0 Å². The monoisotopic (exact) mass is 381 g/mol. The molecule has 0 aliphatic carbocycles. The zero-order chi connectivity index (χ0) is 19.3. The van der Waals surface area contributed by atoms with E-state index in [0.717, 1.165) is 36.0 Å². The molecule has 1 unspecified atom stereocenters. The second-order valence-corrected chi connectivity index (χ2v) is 7.18. The number of likely N-dealkylation sites (tertiary alicyclic amines) is 1. The minimum Gasteiger partial charge on any atom is -0.490 e. The number of hydrogen-bond donors (Lipinski definition) is 1. The Balaban J connectivity index is 1.26. The maximum absolute atomic E-state index is 13.0. The summed E-state index contributed by atoms with van der Waals surface area (Å²) in [7, 11) is 0. The number of aliphatic hydroxyl groups is 1. The van der Waals surface area contributed by atoms with Crippen LogP contribution in [-0.4, -0.2) is 48.5 Å². The van der Waals surface area contributed by atoms with Crippen LogP contribution in [0.15, 0.2) is 66.7 Å². The standard InChI is InChI=1S/C23H24FNO3/c24-18-8-10-20(11-9-18)28-21-12-13-25(15-21)14-19(26)16-27-23-7-3-5-17-4-1-2-6-22(17)23/h1-11,19,21,26H,12-16H2/t19?,21-/m0/s1. The normalized spacial score (nSPS) is 18.3. The minimum absolute atomic E-state index is 0.0525. The molecule has 1 N–H and O–H groups in total. The highest BCUT2D eigenvalue weighted by Crippen LogP contribution is 2.25. The molecule has 0 bridgehead atoms. The Morgan fingerprint density at radius 3 is 2.68 bits per heavy atom. The molecule has 4 nitrogen and oxygen atoms in total. The summed E-state index contributed by atoms with van der Waals surface area (Å²) in [5.74, 6) is 1.19. The van der Waals surface area contributed by atoms with E-state index in [-0.39, 0.29) is 18.5 Å². The summed E-state index contributed by atoms with van der Waals surface area (Å²) < 4.78 is 24.8. The Kier molecular flexibility index (Phi) is 5.74. The molecule has 1 fully saturated rings. The molecule has 1 saturated heterocycles. The van der Waals surface area contributed by atoms with Gasteiger partial charge in [-0.05, 0) is 42.1 Å². The molecule has 2 atom stereocenters. The van der Waals surface area contributed by atoms with E-state index >= 15 is 0 Å². The van der Waals surface area contributed by atoms with Crippen LogP contribution < -0.4 is 9.47 Å². The fraction of sp³-hybridized carbons (Fsp3) is 0.304. The molecule has 146 valence electrons. The van der Waals surface area contributed by atoms with Gasteiger partial charge in [0.05, 0.1) is 0 Å². The number of rotatable bonds is 7. The van der Waals surface area contributed by atoms with E-state index in [1.54, 1.807) is 12.1 Å². The smallest absolute Gasteiger partial charge is 0.127 e. The average molecular weight is 381 g/mol. The van der Waals surface area contributed by atoms with E-state index in [2.05, 4.69) is 4.90 Å². The fourth-order valence-corrected chi connectivity index (χ4v) is 3.62. The molecule has 28 heavy (non-hydrogen) atoms. The molecule has 3 aromatic rings. The third-order valence-corrected chi connectivity index (χ3v) is 5.00. The topological polar surface area (TPSA) is 41.9 Å². The van der Waals surface area contributed by atoms with Crippen LogP contribution >= 0.6 is 0 Å². The molecule has 0 saturated carbocycles. The first-order chi connectivity index (χ1) is 13.7. The van der Waals surface area contributed by atoms with E-state index in [0.29, 0.717) is 12.3 Å². The van der Waals surface area contributed by atoms with Gasteiger partial charge in [-0.1, -0.05) is 36.4 Å². The number of aliphatic hydroxyl groups excluding tert-OH is 1. The van der Waals surface area contributed by atoms with E-state index in [4.69, 9.17) is 9.47 Å². The largest absolute Gasteiger partial charge is 0.490 e. The highest BCUT2D eigenvalue weighted by atomic mass is 19.1. The molecule has 1 aliphatic heterocycles. The molecule has 4 rings (SSSR count). The Labute approximate surface area is 164 Å². The Bertz CT molecular complexity index is 910. The number of fused-ring (bicyclic) bond motifs is 1. The third kappa shape index (κ3) is 4.61. The number of hydrogen-bond acceptors (Lipinski definition) is 4. The summed E-state index contributed by atoms with van der Waals surface area (Å²) >= 11 is 0. The van der Waals surface area contributed by atoms with Crippen molar-refractivity contribution in [3.63, 3.8) is 0 Å². The van der Waals surface area contributed by atoms with Crippen LogP contribution in [0.5, 0.6) is 11.5 Å². The van der Waals surface area contributed by atoms with Crippen LogP contribution in [0.25, 0.3) is 10.8 Å². The number of β-amino-alcohol motifs (C(OH)–C–C–N with tert-alkyl or cyclic N) is 1. The lowest BCUT2D eigenvalue weighted by molar-refractivity contribution is 0.0725. The first kappa shape index (κ1) is 18.7. The summed E-state index contributed by atoms with van der Waals surface area (Å²) in [5, 5.41) is 12.6. The number of halogens is 1. The predicted molar refractivity (Wildman–Crippen MR) is 107 cm³/mol. The molecular weight excluding hydrogens is 357 g/mol. The van der Waals surface area contributed by atoms with Gasteiger partial charge in [-0.15, -0.1) is 0 Å². The van der Waals surface area contributed by atoms with Gasteiger partial charge in [0.1, 0.15) is 36.1 Å². The quantitative estimate of drug-likeness (QED) is 0.675. The Morgan fingerprint density at radius 1 is 1.04 bits per heavy atom. The molecule has 1 aliphatic rings. The van der Waals surface area contributed by atoms with Crippen LogP contribution in [0.2, 0.25) is 0 Å². The van der Waals surface area contributed by atoms with Crippen molar-refractivity contribution in [3.05, 3.63) is 72.5 Å². The van der Waals surface area contributed by atoms with Gasteiger partial charge in [0.15, 0.2) is 0 Å². The zero-order valence-electron chi connectivity index (χ0n) is 15.6. The maximum atomic E-state index is 13.0. The van der Waals surface area contributed by atoms with E-state index < -0.39 is 6.10 Å². The highest BCUT2D eigenvalue weighted by Gasteiger charge is 2.25. The Morgan fingerprint density at radius 2 is 1.82 bits per heavy atom. The van der Waals surface area contributed by atoms with E-state index in [1.807, 2.05) is 42.5 Å². The van der Waals surface area contributed by atoms with Crippen molar-refractivity contribution in [2.75, 3.05) is 26.2 Å². The predicted octanol–water partition coefficient (Wildman–Crippen LogP) is 3.87. The summed E-state index contributed by atoms with van der Waals surface area (Å²) in [6.07, 6.45) is 0.356. The van der Waals surface area contributed by atoms with Crippen molar-refractivity contribution < 1.29 is 19.0 Å². The van der Waals surface area contributed by atoms with Gasteiger partial charge in [-0.25, -0.2) is 4.39 Å². The molecule has 0 radical (unpaired) electrons. The third-order valence-electron chi connectivity index (χ3n) is 5.00. The molecule has 0 spiro atoms. The van der Waals surface area contributed by atoms with Crippen molar-refractivity contribution in [2.45, 2.75) is 18.6 Å². The average Bonchev–Trinajstić information content (AvgIpc) is 3.15. The summed E-state index contributed by atoms with van der Waals surface area (Å²) in [6, 6.07) is 20.1. The molecule has 3 aromatic carbocycles. The number of nitrogens with zero attached hydrogens (tertiary/aromatic N) is 1. The van der Waals surface area contributed by atoms with Crippen molar-refractivity contribution >= 4 is 10.8 Å². The zero-order valence-corrected chi connectivity index (χ0v) is 15.6. The van der Waals surface area contributed by atoms with Crippen molar-refractivity contribution in [3.8, 4) is 11.5 Å². The van der Waals surface area contributed by atoms with Crippen molar-refractivity contribution in [1.29, 1.82) is 0 Å². The van der Waals surface area contributed by atoms with Crippen LogP contribution in [-0.2, 0) is 0 Å². The molecule has 0 amide bonds. The van der Waals surface area contributed by atoms with Gasteiger partial charge in [-0.2, -0.15) is 0 Å². The first-order valence-corrected chi connectivity index (χ1v) is 9.60. The maximum Gasteiger partial charge on any atom is 0.127 e. The lowest BCUT2D eigenvalue weighted by Crippen LogP contribution is -2.35. The van der Waals surface area contributed by atoms with E-state index in [9.17, 15) is 9.50 Å². The molecule has 0 aromatic heterocycles. The number of benzene rings is 3. The molecule has 5 heteroatoms. The molecular formula is C23H24FNO3. The summed E-state index contributed by atoms with van der Waals surface area (Å²) in [6.45, 7) is 2.38. The van der Waals surface area contributed by atoms with Crippen LogP contribution in [0, 0.1) is 5.82 Å². The summed E-state index contributed by atoms with van der Waals surface area (Å²) in [5.41, 5.74) is 0. The first-order valence-electron chi connectivity index (χ1n) is 9.60. The number of ether oxygens (including phenoxy) is 2. The van der Waals surface area contributed by atoms with Gasteiger partial charge < -0.3 is 14.6 Å². The van der Waals surface area contributed by atoms with E-state index in [1.165, 1.54) is 12.1 Å². The lowest BCUT2D eigenvalue weighted by Gasteiger charge is -2.21. The van der Waals surface area contributed by atoms with Crippen LogP contribution in [0.3, 0.4) is 0 Å². The lowest BCUT2D eigenvalue weighted by atomic mass is 10.1.